The standard InChI is InChI=1S/C25H29N3O2/c1-2-3-5-10-19-14-16-21(17-15-19)25(29)28-18-9-8-13-22(28)24-26-23(27-30-24)20-11-6-4-7-12-20/h4,6-7,11-12,14-17,22H,2-3,5,8-10,13,18H2,1H3. The molecule has 0 saturated carbocycles. The Morgan fingerprint density at radius 3 is 2.63 bits per heavy atom. The maximum Gasteiger partial charge on any atom is 0.254 e. The number of carbonyl (C=O) groups is 1. The maximum atomic E-state index is 13.3. The first-order valence-corrected chi connectivity index (χ1v) is 11.0. The highest BCUT2D eigenvalue weighted by Gasteiger charge is 2.32. The Bertz CT molecular complexity index is 950. The number of piperidine rings is 1. The number of hydrogen-bond acceptors (Lipinski definition) is 4. The largest absolute Gasteiger partial charge is 0.337 e. The summed E-state index contributed by atoms with van der Waals surface area (Å²) in [6, 6.07) is 17.7. The van der Waals surface area contributed by atoms with Crippen molar-refractivity contribution >= 4 is 5.91 Å². The fraction of sp³-hybridized carbons (Fsp3) is 0.400. The molecule has 0 bridgehead atoms. The van der Waals surface area contributed by atoms with Crippen molar-refractivity contribution in [1.82, 2.24) is 15.0 Å². The average molecular weight is 404 g/mol. The molecular formula is C25H29N3O2. The van der Waals surface area contributed by atoms with E-state index in [0.717, 1.165) is 36.8 Å². The molecule has 3 aromatic rings. The van der Waals surface area contributed by atoms with E-state index in [-0.39, 0.29) is 11.9 Å². The summed E-state index contributed by atoms with van der Waals surface area (Å²) in [4.78, 5) is 19.8. The van der Waals surface area contributed by atoms with E-state index < -0.39 is 0 Å². The molecule has 0 N–H and O–H groups in total. The Morgan fingerprint density at radius 2 is 1.87 bits per heavy atom. The number of carbonyl (C=O) groups excluding carboxylic acids is 1. The molecule has 5 nitrogen and oxygen atoms in total. The summed E-state index contributed by atoms with van der Waals surface area (Å²) >= 11 is 0. The summed E-state index contributed by atoms with van der Waals surface area (Å²) in [6.45, 7) is 2.92. The number of amides is 1. The van der Waals surface area contributed by atoms with Crippen molar-refractivity contribution < 1.29 is 9.32 Å². The quantitative estimate of drug-likeness (QED) is 0.465. The van der Waals surface area contributed by atoms with Gasteiger partial charge < -0.3 is 9.42 Å². The highest BCUT2D eigenvalue weighted by atomic mass is 16.5. The van der Waals surface area contributed by atoms with Crippen LogP contribution in [0.2, 0.25) is 0 Å². The molecular weight excluding hydrogens is 374 g/mol. The molecule has 1 saturated heterocycles. The van der Waals surface area contributed by atoms with Crippen LogP contribution >= 0.6 is 0 Å². The Kier molecular flexibility index (Phi) is 6.57. The Balaban J connectivity index is 1.50. The first kappa shape index (κ1) is 20.3. The second-order valence-electron chi connectivity index (χ2n) is 7.99. The molecule has 2 aromatic carbocycles. The van der Waals surface area contributed by atoms with Gasteiger partial charge in [0, 0.05) is 17.7 Å². The number of unbranched alkanes of at least 4 members (excludes halogenated alkanes) is 2. The molecule has 0 radical (unpaired) electrons. The molecule has 1 aliphatic rings. The fourth-order valence-electron chi connectivity index (χ4n) is 4.07. The molecule has 2 heterocycles. The third kappa shape index (κ3) is 4.61. The minimum atomic E-state index is -0.166. The second-order valence-corrected chi connectivity index (χ2v) is 7.99. The Hall–Kier alpha value is -2.95. The summed E-state index contributed by atoms with van der Waals surface area (Å²) in [7, 11) is 0. The monoisotopic (exact) mass is 403 g/mol. The van der Waals surface area contributed by atoms with E-state index in [4.69, 9.17) is 4.52 Å². The van der Waals surface area contributed by atoms with Crippen LogP contribution in [-0.2, 0) is 6.42 Å². The summed E-state index contributed by atoms with van der Waals surface area (Å²) in [6.07, 6.45) is 7.61. The van der Waals surface area contributed by atoms with Crippen LogP contribution in [0.25, 0.3) is 11.4 Å². The van der Waals surface area contributed by atoms with Crippen LogP contribution in [0.4, 0.5) is 0 Å². The van der Waals surface area contributed by atoms with Crippen LogP contribution in [0.5, 0.6) is 0 Å². The maximum absolute atomic E-state index is 13.3. The third-order valence-electron chi connectivity index (χ3n) is 5.79. The first-order chi connectivity index (χ1) is 14.8. The van der Waals surface area contributed by atoms with Gasteiger partial charge in [0.15, 0.2) is 0 Å². The van der Waals surface area contributed by atoms with Gasteiger partial charge in [-0.3, -0.25) is 4.79 Å². The van der Waals surface area contributed by atoms with Crippen LogP contribution in [0.3, 0.4) is 0 Å². The van der Waals surface area contributed by atoms with Crippen molar-refractivity contribution in [1.29, 1.82) is 0 Å². The topological polar surface area (TPSA) is 59.2 Å². The number of aryl methyl sites for hydroxylation is 1. The van der Waals surface area contributed by atoms with Gasteiger partial charge in [-0.15, -0.1) is 0 Å². The van der Waals surface area contributed by atoms with Gasteiger partial charge in [-0.25, -0.2) is 0 Å². The summed E-state index contributed by atoms with van der Waals surface area (Å²) in [5, 5.41) is 4.15. The van der Waals surface area contributed by atoms with Gasteiger partial charge >= 0.3 is 0 Å². The Labute approximate surface area is 178 Å². The minimum Gasteiger partial charge on any atom is -0.337 e. The lowest BCUT2D eigenvalue weighted by Gasteiger charge is -2.33. The fourth-order valence-corrected chi connectivity index (χ4v) is 4.07. The van der Waals surface area contributed by atoms with Crippen LogP contribution in [0.15, 0.2) is 59.1 Å². The smallest absolute Gasteiger partial charge is 0.254 e. The lowest BCUT2D eigenvalue weighted by Crippen LogP contribution is -2.38. The van der Waals surface area contributed by atoms with Crippen LogP contribution in [0, 0.1) is 0 Å². The number of hydrogen-bond donors (Lipinski definition) is 0. The van der Waals surface area contributed by atoms with Gasteiger partial charge in [-0.2, -0.15) is 4.98 Å². The molecule has 1 fully saturated rings. The third-order valence-corrected chi connectivity index (χ3v) is 5.79. The first-order valence-electron chi connectivity index (χ1n) is 11.0. The molecule has 1 amide bonds. The van der Waals surface area contributed by atoms with E-state index in [0.29, 0.717) is 18.3 Å². The van der Waals surface area contributed by atoms with Crippen molar-refractivity contribution in [3.8, 4) is 11.4 Å². The number of aromatic nitrogens is 2. The summed E-state index contributed by atoms with van der Waals surface area (Å²) in [5.41, 5.74) is 2.93. The molecule has 0 aliphatic carbocycles. The lowest BCUT2D eigenvalue weighted by atomic mass is 9.99. The molecule has 1 aliphatic heterocycles. The molecule has 5 heteroatoms. The van der Waals surface area contributed by atoms with Crippen LogP contribution in [0.1, 0.15) is 73.3 Å². The molecule has 4 rings (SSSR count). The molecule has 156 valence electrons. The van der Waals surface area contributed by atoms with E-state index in [2.05, 4.69) is 29.2 Å². The molecule has 1 unspecified atom stereocenters. The molecule has 1 aromatic heterocycles. The van der Waals surface area contributed by atoms with Gasteiger partial charge in [0.05, 0.1) is 0 Å². The zero-order valence-electron chi connectivity index (χ0n) is 17.6. The van der Waals surface area contributed by atoms with E-state index >= 15 is 0 Å². The molecule has 1 atom stereocenters. The molecule has 30 heavy (non-hydrogen) atoms. The van der Waals surface area contributed by atoms with Gasteiger partial charge in [-0.05, 0) is 49.8 Å². The van der Waals surface area contributed by atoms with E-state index in [9.17, 15) is 4.79 Å². The zero-order chi connectivity index (χ0) is 20.8. The Morgan fingerprint density at radius 1 is 1.07 bits per heavy atom. The highest BCUT2D eigenvalue weighted by molar-refractivity contribution is 5.94. The van der Waals surface area contributed by atoms with Crippen molar-refractivity contribution in [2.45, 2.75) is 57.9 Å². The predicted octanol–water partition coefficient (Wildman–Crippen LogP) is 5.84. The van der Waals surface area contributed by atoms with Crippen molar-refractivity contribution in [2.75, 3.05) is 6.54 Å². The molecule has 0 spiro atoms. The zero-order valence-corrected chi connectivity index (χ0v) is 17.6. The average Bonchev–Trinajstić information content (AvgIpc) is 3.30. The number of rotatable bonds is 7. The summed E-state index contributed by atoms with van der Waals surface area (Å²) < 4.78 is 5.59. The van der Waals surface area contributed by atoms with Gasteiger partial charge in [0.1, 0.15) is 6.04 Å². The van der Waals surface area contributed by atoms with Gasteiger partial charge in [-0.1, -0.05) is 67.4 Å². The second kappa shape index (κ2) is 9.70. The van der Waals surface area contributed by atoms with Gasteiger partial charge in [0.25, 0.3) is 5.91 Å². The van der Waals surface area contributed by atoms with Crippen LogP contribution in [-0.4, -0.2) is 27.5 Å². The van der Waals surface area contributed by atoms with E-state index in [1.807, 2.05) is 47.4 Å². The summed E-state index contributed by atoms with van der Waals surface area (Å²) in [5.74, 6) is 1.14. The van der Waals surface area contributed by atoms with Crippen molar-refractivity contribution in [2.24, 2.45) is 0 Å². The SMILES string of the molecule is CCCCCc1ccc(C(=O)N2CCCCC2c2nc(-c3ccccc3)no2)cc1. The van der Waals surface area contributed by atoms with Crippen LogP contribution < -0.4 is 0 Å². The lowest BCUT2D eigenvalue weighted by molar-refractivity contribution is 0.0561. The highest BCUT2D eigenvalue weighted by Crippen LogP contribution is 2.32. The minimum absolute atomic E-state index is 0.0410. The van der Waals surface area contributed by atoms with E-state index in [1.54, 1.807) is 0 Å². The van der Waals surface area contributed by atoms with Crippen molar-refractivity contribution in [3.63, 3.8) is 0 Å². The van der Waals surface area contributed by atoms with Gasteiger partial charge in [0.2, 0.25) is 11.7 Å². The number of benzene rings is 2. The van der Waals surface area contributed by atoms with Crippen molar-refractivity contribution in [3.05, 3.63) is 71.6 Å². The number of likely N-dealkylation sites (tertiary alicyclic amines) is 1. The van der Waals surface area contributed by atoms with E-state index in [1.165, 1.54) is 24.8 Å². The number of nitrogens with zero attached hydrogens (tertiary/aromatic N) is 3. The predicted molar refractivity (Wildman–Crippen MR) is 117 cm³/mol. The normalized spacial score (nSPS) is 16.6.